The molecule has 5 unspecified atom stereocenters. The Morgan fingerprint density at radius 1 is 0.528 bits per heavy atom. The highest BCUT2D eigenvalue weighted by Gasteiger charge is 2.32. The van der Waals surface area contributed by atoms with Crippen molar-refractivity contribution in [2.45, 2.75) is 90.8 Å². The predicted octanol–water partition coefficient (Wildman–Crippen LogP) is -1.99. The van der Waals surface area contributed by atoms with Gasteiger partial charge in [-0.15, -0.1) is 0 Å². The van der Waals surface area contributed by atoms with Crippen LogP contribution in [0.15, 0.2) is 0 Å². The van der Waals surface area contributed by atoms with E-state index >= 15 is 0 Å². The largest absolute Gasteiger partial charge is 0.481 e. The maximum absolute atomic E-state index is 11.4. The van der Waals surface area contributed by atoms with Crippen molar-refractivity contribution in [2.24, 2.45) is 0 Å². The van der Waals surface area contributed by atoms with Gasteiger partial charge in [0, 0.05) is 28.4 Å². The Labute approximate surface area is 418 Å². The fraction of sp³-hybridized carbons (Fsp3) is 0.791. The molecule has 29 heteroatoms. The molecule has 0 bridgehead atoms. The molecule has 72 heavy (non-hydrogen) atoms. The molecule has 0 radical (unpaired) electrons. The molecule has 29 nitrogen and oxygen atoms in total. The third-order valence-electron chi connectivity index (χ3n) is 7.03. The molecule has 0 aromatic carbocycles. The summed E-state index contributed by atoms with van der Waals surface area (Å²) in [7, 11) is 6.35. The number of ether oxygens (including phenoxy) is 14. The molecule has 6 N–H and O–H groups in total. The van der Waals surface area contributed by atoms with E-state index in [0.29, 0.717) is 72.7 Å². The lowest BCUT2D eigenvalue weighted by Gasteiger charge is -2.22. The summed E-state index contributed by atoms with van der Waals surface area (Å²) in [6, 6.07) is 0. The number of aliphatic hydroxyl groups excluding tert-OH is 4. The Balaban J connectivity index is -0.000000253. The van der Waals surface area contributed by atoms with Gasteiger partial charge in [0.25, 0.3) is 0 Å². The summed E-state index contributed by atoms with van der Waals surface area (Å²) in [5.74, 6) is -6.14. The quantitative estimate of drug-likeness (QED) is 0.0204. The minimum atomic E-state index is -1.23. The standard InChI is InChI=1S/C12H20O8.C8H16O5.C6H8O4.2C5H12O3.C4H4O3.C3H6O3/c1-9(20-11(15)4-3-10(13)14)12(16)19-8-7-18-6-5-17-2;1-7(9)8(10)13-6-5-12-4-3-11-2;1-3-5(7)10-4(2)6(8)9-3;2*1-7-4-5-8-3-2-6;5-3-1-2-4(6)7-3;1-2(4)3(5)6/h9H,3-8H2,1-2H3,(H,13,14);7,9H,3-6H2,1-2H3;3-4H,1-2H3;2*6H,2-5H2,1H3;1-2H2;2,4H,1H3,(H,5,6). The van der Waals surface area contributed by atoms with Crippen molar-refractivity contribution >= 4 is 53.7 Å². The van der Waals surface area contributed by atoms with Crippen LogP contribution < -0.4 is 0 Å². The molecule has 424 valence electrons. The van der Waals surface area contributed by atoms with E-state index in [1.54, 1.807) is 28.4 Å². The van der Waals surface area contributed by atoms with Crippen LogP contribution in [0.4, 0.5) is 0 Å². The summed E-state index contributed by atoms with van der Waals surface area (Å²) in [6.07, 6.45) is -4.97. The summed E-state index contributed by atoms with van der Waals surface area (Å²) < 4.78 is 66.1. The van der Waals surface area contributed by atoms with Crippen molar-refractivity contribution in [1.82, 2.24) is 0 Å². The van der Waals surface area contributed by atoms with Crippen molar-refractivity contribution in [3.8, 4) is 0 Å². The van der Waals surface area contributed by atoms with E-state index < -0.39 is 84.2 Å². The average Bonchev–Trinajstić information content (AvgIpc) is 3.72. The van der Waals surface area contributed by atoms with E-state index in [4.69, 9.17) is 68.5 Å². The van der Waals surface area contributed by atoms with Gasteiger partial charge in [-0.25, -0.2) is 24.0 Å². The zero-order chi connectivity index (χ0) is 56.1. The Kier molecular flexibility index (Phi) is 58.2. The maximum atomic E-state index is 11.4. The van der Waals surface area contributed by atoms with Crippen molar-refractivity contribution in [2.75, 3.05) is 134 Å². The first-order valence-corrected chi connectivity index (χ1v) is 22.0. The van der Waals surface area contributed by atoms with Gasteiger partial charge in [-0.1, -0.05) is 0 Å². The molecule has 2 aliphatic heterocycles. The number of hydrogen-bond donors (Lipinski definition) is 6. The molecule has 0 spiro atoms. The van der Waals surface area contributed by atoms with Crippen LogP contribution >= 0.6 is 0 Å². The number of hydrogen-bond acceptors (Lipinski definition) is 27. The van der Waals surface area contributed by atoms with E-state index in [9.17, 15) is 43.2 Å². The number of esters is 7. The molecule has 2 heterocycles. The van der Waals surface area contributed by atoms with Gasteiger partial charge in [0.2, 0.25) is 0 Å². The van der Waals surface area contributed by atoms with E-state index in [0.717, 1.165) is 0 Å². The first-order chi connectivity index (χ1) is 34.0. The van der Waals surface area contributed by atoms with Gasteiger partial charge in [-0.2, -0.15) is 0 Å². The van der Waals surface area contributed by atoms with Crippen LogP contribution in [0.2, 0.25) is 0 Å². The fourth-order valence-corrected chi connectivity index (χ4v) is 3.33. The van der Waals surface area contributed by atoms with Crippen LogP contribution in [0.3, 0.4) is 0 Å². The van der Waals surface area contributed by atoms with E-state index in [1.807, 2.05) is 0 Å². The number of rotatable bonds is 29. The van der Waals surface area contributed by atoms with Crippen molar-refractivity contribution < 1.29 is 140 Å². The number of carboxylic acids is 2. The second kappa shape index (κ2) is 55.3. The molecule has 2 fully saturated rings. The summed E-state index contributed by atoms with van der Waals surface area (Å²) >= 11 is 0. The smallest absolute Gasteiger partial charge is 0.347 e. The Bertz CT molecular complexity index is 1350. The molecule has 2 rings (SSSR count). The van der Waals surface area contributed by atoms with Gasteiger partial charge in [0.1, 0.15) is 25.4 Å². The molecule has 0 aromatic rings. The number of carbonyl (C=O) groups is 9. The average molecular weight is 1060 g/mol. The molecular formula is C43H78O29. The summed E-state index contributed by atoms with van der Waals surface area (Å²) in [5, 5.41) is 49.3. The highest BCUT2D eigenvalue weighted by Crippen LogP contribution is 2.08. The minimum Gasteiger partial charge on any atom is -0.481 e. The number of aliphatic hydroxyl groups is 4. The van der Waals surface area contributed by atoms with Crippen LogP contribution in [0.1, 0.15) is 60.3 Å². The van der Waals surface area contributed by atoms with E-state index in [1.165, 1.54) is 34.6 Å². The summed E-state index contributed by atoms with van der Waals surface area (Å²) in [5.41, 5.74) is 0. The molecule has 0 aromatic heterocycles. The highest BCUT2D eigenvalue weighted by atomic mass is 16.6. The van der Waals surface area contributed by atoms with Crippen LogP contribution in [-0.2, 0) is 109 Å². The SMILES string of the molecule is CC(O)C(=O)O.CC1OC(=O)C(C)OC1=O.COCCOCCO.COCCOCCO.COCCOCCOC(=O)C(C)O.COCCOCCOC(=O)C(C)OC(=O)CCC(=O)O.O=C1CCC(=O)O1. The maximum Gasteiger partial charge on any atom is 0.347 e. The third-order valence-corrected chi connectivity index (χ3v) is 7.03. The Morgan fingerprint density at radius 2 is 0.861 bits per heavy atom. The second-order valence-electron chi connectivity index (χ2n) is 13.4. The van der Waals surface area contributed by atoms with Gasteiger partial charge < -0.3 is 97.0 Å². The van der Waals surface area contributed by atoms with Gasteiger partial charge in [-0.05, 0) is 34.6 Å². The number of carbonyl (C=O) groups excluding carboxylic acids is 7. The Morgan fingerprint density at radius 3 is 1.14 bits per heavy atom. The number of carboxylic acid groups (broad SMARTS) is 2. The van der Waals surface area contributed by atoms with Crippen LogP contribution in [0.5, 0.6) is 0 Å². The van der Waals surface area contributed by atoms with E-state index in [2.05, 4.69) is 28.4 Å². The van der Waals surface area contributed by atoms with Gasteiger partial charge >= 0.3 is 53.7 Å². The van der Waals surface area contributed by atoms with Gasteiger partial charge in [0.05, 0.1) is 118 Å². The number of cyclic esters (lactones) is 4. The minimum absolute atomic E-state index is 0.0412. The monoisotopic (exact) mass is 1060 g/mol. The lowest BCUT2D eigenvalue weighted by atomic mass is 10.3. The van der Waals surface area contributed by atoms with Crippen molar-refractivity contribution in [1.29, 1.82) is 0 Å². The zero-order valence-corrected chi connectivity index (χ0v) is 42.6. The first-order valence-electron chi connectivity index (χ1n) is 22.0. The van der Waals surface area contributed by atoms with Gasteiger partial charge in [-0.3, -0.25) is 19.2 Å². The molecular weight excluding hydrogens is 980 g/mol. The number of methoxy groups -OCH3 is 4. The van der Waals surface area contributed by atoms with Crippen LogP contribution in [-0.4, -0.2) is 249 Å². The second-order valence-corrected chi connectivity index (χ2v) is 13.4. The molecule has 0 saturated carbocycles. The lowest BCUT2D eigenvalue weighted by Crippen LogP contribution is -2.40. The number of aliphatic carboxylic acids is 2. The summed E-state index contributed by atoms with van der Waals surface area (Å²) in [6.45, 7) is 12.8. The van der Waals surface area contributed by atoms with Crippen molar-refractivity contribution in [3.05, 3.63) is 0 Å². The zero-order valence-electron chi connectivity index (χ0n) is 42.6. The third kappa shape index (κ3) is 59.3. The predicted molar refractivity (Wildman–Crippen MR) is 242 cm³/mol. The molecule has 2 aliphatic rings. The topological polar surface area (TPSA) is 404 Å². The molecule has 0 aliphatic carbocycles. The fourth-order valence-electron chi connectivity index (χ4n) is 3.33. The highest BCUT2D eigenvalue weighted by molar-refractivity contribution is 5.92. The normalized spacial score (nSPS) is 15.3. The van der Waals surface area contributed by atoms with Crippen molar-refractivity contribution in [3.63, 3.8) is 0 Å². The van der Waals surface area contributed by atoms with Gasteiger partial charge in [0.15, 0.2) is 18.3 Å². The van der Waals surface area contributed by atoms with Crippen LogP contribution in [0.25, 0.3) is 0 Å². The first kappa shape index (κ1) is 75.9. The Hall–Kier alpha value is -5.05. The van der Waals surface area contributed by atoms with Crippen LogP contribution in [0, 0.1) is 0 Å². The lowest BCUT2D eigenvalue weighted by molar-refractivity contribution is -0.191. The molecule has 0 amide bonds. The summed E-state index contributed by atoms with van der Waals surface area (Å²) in [4.78, 5) is 94.3. The van der Waals surface area contributed by atoms with E-state index in [-0.39, 0.29) is 58.7 Å². The molecule has 2 saturated heterocycles. The molecule has 5 atom stereocenters.